The van der Waals surface area contributed by atoms with Crippen LogP contribution < -0.4 is 0 Å². The molecule has 0 heterocycles. The fourth-order valence-electron chi connectivity index (χ4n) is 0.968. The molecule has 1 aromatic rings. The van der Waals surface area contributed by atoms with Crippen molar-refractivity contribution in [2.24, 2.45) is 0 Å². The van der Waals surface area contributed by atoms with Crippen molar-refractivity contribution in [2.75, 3.05) is 6.61 Å². The van der Waals surface area contributed by atoms with Gasteiger partial charge in [-0.1, -0.05) is 6.92 Å². The molecule has 63 valence electrons. The van der Waals surface area contributed by atoms with Crippen LogP contribution in [0.4, 0.5) is 0 Å². The zero-order valence-corrected chi connectivity index (χ0v) is 9.88. The summed E-state index contributed by atoms with van der Waals surface area (Å²) in [4.78, 5) is 0. The van der Waals surface area contributed by atoms with E-state index in [0.717, 1.165) is 11.1 Å². The van der Waals surface area contributed by atoms with Crippen LogP contribution >= 0.6 is 0 Å². The SMILES string of the molecule is Cc1c[c-]cc(CCO)c1O.[Y]. The van der Waals surface area contributed by atoms with E-state index in [0.29, 0.717) is 6.42 Å². The Kier molecular flexibility index (Phi) is 5.72. The number of aromatic hydroxyl groups is 1. The smallest absolute Gasteiger partial charge is 0.0368 e. The predicted molar refractivity (Wildman–Crippen MR) is 42.5 cm³/mol. The van der Waals surface area contributed by atoms with E-state index in [9.17, 15) is 5.11 Å². The number of aliphatic hydroxyl groups is 1. The molecule has 0 bridgehead atoms. The van der Waals surface area contributed by atoms with Crippen LogP contribution in [0.2, 0.25) is 0 Å². The first-order valence-electron chi connectivity index (χ1n) is 3.55. The Hall–Kier alpha value is 0.0839. The average Bonchev–Trinajstić information content (AvgIpc) is 1.99. The summed E-state index contributed by atoms with van der Waals surface area (Å²) in [6, 6.07) is 6.30. The molecule has 1 rings (SSSR count). The van der Waals surface area contributed by atoms with E-state index in [2.05, 4.69) is 6.07 Å². The number of benzene rings is 1. The molecule has 1 radical (unpaired) electrons. The van der Waals surface area contributed by atoms with Gasteiger partial charge < -0.3 is 10.2 Å². The van der Waals surface area contributed by atoms with Gasteiger partial charge in [0.05, 0.1) is 0 Å². The molecule has 0 aliphatic carbocycles. The van der Waals surface area contributed by atoms with Crippen LogP contribution in [0.15, 0.2) is 12.1 Å². The molecule has 1 aromatic carbocycles. The van der Waals surface area contributed by atoms with Gasteiger partial charge in [0.25, 0.3) is 0 Å². The second kappa shape index (κ2) is 5.68. The standard InChI is InChI=1S/C9H11O2.Y/c1-7-3-2-4-8(5-6-10)9(7)11;/h3-4,10-11H,5-6H2,1H3;/q-1;. The molecule has 0 spiro atoms. The van der Waals surface area contributed by atoms with Crippen LogP contribution in [0.25, 0.3) is 0 Å². The minimum absolute atomic E-state index is 0. The summed E-state index contributed by atoms with van der Waals surface area (Å²) < 4.78 is 0. The summed E-state index contributed by atoms with van der Waals surface area (Å²) in [6.45, 7) is 1.87. The minimum atomic E-state index is 0. The van der Waals surface area contributed by atoms with Crippen molar-refractivity contribution in [1.29, 1.82) is 0 Å². The van der Waals surface area contributed by atoms with Crippen molar-refractivity contribution in [2.45, 2.75) is 13.3 Å². The van der Waals surface area contributed by atoms with Gasteiger partial charge >= 0.3 is 0 Å². The normalized spacial score (nSPS) is 9.17. The second-order valence-electron chi connectivity index (χ2n) is 2.49. The van der Waals surface area contributed by atoms with Gasteiger partial charge in [-0.05, 0) is 6.42 Å². The Morgan fingerprint density at radius 3 is 2.67 bits per heavy atom. The van der Waals surface area contributed by atoms with E-state index in [1.165, 1.54) is 0 Å². The molecular formula is C9H11O2Y-. The Labute approximate surface area is 97.5 Å². The number of hydrogen-bond donors (Lipinski definition) is 2. The van der Waals surface area contributed by atoms with Gasteiger partial charge in [-0.25, -0.2) is 0 Å². The average molecular weight is 240 g/mol. The zero-order chi connectivity index (χ0) is 8.27. The third kappa shape index (κ3) is 2.85. The van der Waals surface area contributed by atoms with E-state index in [4.69, 9.17) is 5.11 Å². The molecule has 0 aliphatic rings. The second-order valence-corrected chi connectivity index (χ2v) is 2.49. The van der Waals surface area contributed by atoms with Crippen LogP contribution in [0.5, 0.6) is 5.75 Å². The maximum absolute atomic E-state index is 9.40. The molecule has 0 atom stereocenters. The molecule has 0 aliphatic heterocycles. The molecule has 0 saturated heterocycles. The molecule has 0 aromatic heterocycles. The number of phenols is 1. The van der Waals surface area contributed by atoms with Crippen molar-refractivity contribution < 1.29 is 42.9 Å². The first-order valence-corrected chi connectivity index (χ1v) is 3.55. The number of aliphatic hydroxyl groups excluding tert-OH is 1. The van der Waals surface area contributed by atoms with Crippen LogP contribution in [-0.2, 0) is 39.1 Å². The van der Waals surface area contributed by atoms with Gasteiger partial charge in [-0.15, -0.1) is 11.1 Å². The van der Waals surface area contributed by atoms with Crippen LogP contribution in [0.3, 0.4) is 0 Å². The van der Waals surface area contributed by atoms with Gasteiger partial charge in [0.15, 0.2) is 0 Å². The fourth-order valence-corrected chi connectivity index (χ4v) is 0.968. The summed E-state index contributed by atoms with van der Waals surface area (Å²) in [5.74, 6) is 0.276. The van der Waals surface area contributed by atoms with Crippen LogP contribution in [-0.4, -0.2) is 16.8 Å². The maximum Gasteiger partial charge on any atom is 0.0368 e. The molecule has 2 nitrogen and oxygen atoms in total. The third-order valence-corrected chi connectivity index (χ3v) is 1.62. The number of rotatable bonds is 2. The molecule has 0 saturated carbocycles. The van der Waals surface area contributed by atoms with Crippen molar-refractivity contribution >= 4 is 0 Å². The first-order chi connectivity index (χ1) is 5.25. The van der Waals surface area contributed by atoms with Gasteiger partial charge in [0.2, 0.25) is 0 Å². The monoisotopic (exact) mass is 240 g/mol. The fraction of sp³-hybridized carbons (Fsp3) is 0.333. The van der Waals surface area contributed by atoms with Crippen molar-refractivity contribution in [3.8, 4) is 5.75 Å². The third-order valence-electron chi connectivity index (χ3n) is 1.62. The topological polar surface area (TPSA) is 40.5 Å². The van der Waals surface area contributed by atoms with E-state index < -0.39 is 0 Å². The van der Waals surface area contributed by atoms with Crippen LogP contribution in [0.1, 0.15) is 11.1 Å². The van der Waals surface area contributed by atoms with Crippen molar-refractivity contribution in [1.82, 2.24) is 0 Å². The Bertz CT molecular complexity index is 248. The Morgan fingerprint density at radius 2 is 2.08 bits per heavy atom. The first kappa shape index (κ1) is 12.1. The predicted octanol–water partition coefficient (Wildman–Crippen LogP) is 1.03. The summed E-state index contributed by atoms with van der Waals surface area (Å²) >= 11 is 0. The van der Waals surface area contributed by atoms with E-state index in [1.54, 1.807) is 12.1 Å². The van der Waals surface area contributed by atoms with E-state index in [1.807, 2.05) is 6.92 Å². The molecule has 2 N–H and O–H groups in total. The van der Waals surface area contributed by atoms with Gasteiger partial charge in [-0.2, -0.15) is 18.2 Å². The zero-order valence-electron chi connectivity index (χ0n) is 7.04. The van der Waals surface area contributed by atoms with Crippen molar-refractivity contribution in [3.05, 3.63) is 29.3 Å². The van der Waals surface area contributed by atoms with E-state index >= 15 is 0 Å². The van der Waals surface area contributed by atoms with Gasteiger partial charge in [0.1, 0.15) is 0 Å². The summed E-state index contributed by atoms with van der Waals surface area (Å²) in [6.07, 6.45) is 0.490. The molecule has 0 amide bonds. The number of aryl methyl sites for hydroxylation is 1. The quantitative estimate of drug-likeness (QED) is 0.758. The molecule has 0 fully saturated rings. The van der Waals surface area contributed by atoms with E-state index in [-0.39, 0.29) is 45.1 Å². The summed E-state index contributed by atoms with van der Waals surface area (Å²) in [5, 5.41) is 18.0. The molecular weight excluding hydrogens is 229 g/mol. The largest absolute Gasteiger partial charge is 0.533 e. The van der Waals surface area contributed by atoms with Gasteiger partial charge in [-0.3, -0.25) is 0 Å². The number of hydrogen-bond acceptors (Lipinski definition) is 2. The molecule has 0 unspecified atom stereocenters. The minimum Gasteiger partial charge on any atom is -0.533 e. The summed E-state index contributed by atoms with van der Waals surface area (Å²) in [7, 11) is 0. The van der Waals surface area contributed by atoms with Crippen molar-refractivity contribution in [3.63, 3.8) is 0 Å². The number of phenolic OH excluding ortho intramolecular Hbond substituents is 1. The molecule has 12 heavy (non-hydrogen) atoms. The van der Waals surface area contributed by atoms with Crippen LogP contribution in [0, 0.1) is 13.0 Å². The summed E-state index contributed by atoms with van der Waals surface area (Å²) in [5.41, 5.74) is 1.56. The van der Waals surface area contributed by atoms with Gasteiger partial charge in [0, 0.05) is 45.1 Å². The maximum atomic E-state index is 9.40. The Balaban J connectivity index is 0.00000121. The molecule has 3 heteroatoms. The Morgan fingerprint density at radius 1 is 1.42 bits per heavy atom.